The highest BCUT2D eigenvalue weighted by molar-refractivity contribution is 8.15. The maximum atomic E-state index is 13.3. The number of thioether (sulfide) groups is 1. The molecule has 8 heteroatoms. The van der Waals surface area contributed by atoms with Gasteiger partial charge in [0.05, 0.1) is 4.90 Å². The summed E-state index contributed by atoms with van der Waals surface area (Å²) in [5, 5.41) is 0.248. The van der Waals surface area contributed by atoms with Crippen LogP contribution in [-0.2, 0) is 14.8 Å². The molecule has 1 saturated heterocycles. The molecule has 0 radical (unpaired) electrons. The number of carbonyl (C=O) groups is 1. The number of carbonyl (C=O) groups excluding carboxylic acids is 1. The summed E-state index contributed by atoms with van der Waals surface area (Å²) in [6.45, 7) is 0. The van der Waals surface area contributed by atoms with Crippen LogP contribution in [0.2, 0.25) is 5.02 Å². The second-order valence-corrected chi connectivity index (χ2v) is 10.3. The van der Waals surface area contributed by atoms with Crippen LogP contribution in [0.4, 0.5) is 0 Å². The molecule has 1 aliphatic heterocycles. The Morgan fingerprint density at radius 2 is 1.62 bits per heavy atom. The lowest BCUT2D eigenvalue weighted by Crippen LogP contribution is -2.41. The summed E-state index contributed by atoms with van der Waals surface area (Å²) in [5.41, 5.74) is 0.859. The van der Waals surface area contributed by atoms with Gasteiger partial charge in [0.15, 0.2) is 5.17 Å². The highest BCUT2D eigenvalue weighted by Gasteiger charge is 2.43. The van der Waals surface area contributed by atoms with Crippen LogP contribution in [-0.4, -0.2) is 30.4 Å². The van der Waals surface area contributed by atoms with Gasteiger partial charge in [-0.15, -0.1) is 4.40 Å². The molecule has 1 aliphatic carbocycles. The van der Waals surface area contributed by atoms with Crippen molar-refractivity contribution in [2.45, 2.75) is 48.3 Å². The minimum atomic E-state index is -3.95. The van der Waals surface area contributed by atoms with Gasteiger partial charge in [0.25, 0.3) is 10.0 Å². The van der Waals surface area contributed by atoms with Crippen molar-refractivity contribution in [2.75, 3.05) is 0 Å². The van der Waals surface area contributed by atoms with Gasteiger partial charge in [0.1, 0.15) is 5.25 Å². The summed E-state index contributed by atoms with van der Waals surface area (Å²) >= 11 is 7.09. The summed E-state index contributed by atoms with van der Waals surface area (Å²) < 4.78 is 29.9. The van der Waals surface area contributed by atoms with E-state index in [0.29, 0.717) is 5.02 Å². The zero-order valence-electron chi connectivity index (χ0n) is 15.7. The summed E-state index contributed by atoms with van der Waals surface area (Å²) in [6.07, 6.45) is 4.95. The average Bonchev–Trinajstić information content (AvgIpc) is 3.05. The van der Waals surface area contributed by atoms with Gasteiger partial charge in [-0.3, -0.25) is 9.69 Å². The van der Waals surface area contributed by atoms with Crippen LogP contribution >= 0.6 is 23.4 Å². The van der Waals surface area contributed by atoms with Crippen LogP contribution in [0.3, 0.4) is 0 Å². The third-order valence-corrected chi connectivity index (χ3v) is 8.10. The number of hydrogen-bond donors (Lipinski definition) is 0. The summed E-state index contributed by atoms with van der Waals surface area (Å²) in [5.74, 6) is -0.0850. The third kappa shape index (κ3) is 4.37. The molecule has 2 fully saturated rings. The Morgan fingerprint density at radius 1 is 0.966 bits per heavy atom. The number of nitrogens with zero attached hydrogens (tertiary/aromatic N) is 2. The molecule has 0 bridgehead atoms. The van der Waals surface area contributed by atoms with Crippen molar-refractivity contribution in [3.63, 3.8) is 0 Å². The molecule has 4 rings (SSSR count). The van der Waals surface area contributed by atoms with Crippen LogP contribution in [0, 0.1) is 0 Å². The van der Waals surface area contributed by atoms with E-state index < -0.39 is 15.3 Å². The van der Waals surface area contributed by atoms with Gasteiger partial charge >= 0.3 is 0 Å². The lowest BCUT2D eigenvalue weighted by molar-refractivity contribution is -0.128. The van der Waals surface area contributed by atoms with E-state index in [1.165, 1.54) is 36.0 Å². The van der Waals surface area contributed by atoms with E-state index in [4.69, 9.17) is 11.6 Å². The molecule has 2 aromatic carbocycles. The summed E-state index contributed by atoms with van der Waals surface area (Å²) in [4.78, 5) is 15.0. The number of amides is 1. The van der Waals surface area contributed by atoms with E-state index in [9.17, 15) is 13.2 Å². The number of hydrogen-bond acceptors (Lipinski definition) is 4. The molecule has 29 heavy (non-hydrogen) atoms. The molecule has 5 nitrogen and oxygen atoms in total. The fraction of sp³-hybridized carbons (Fsp3) is 0.333. The Labute approximate surface area is 180 Å². The van der Waals surface area contributed by atoms with Gasteiger partial charge in [-0.05, 0) is 42.7 Å². The number of rotatable bonds is 4. The Balaban J connectivity index is 1.72. The lowest BCUT2D eigenvalue weighted by Gasteiger charge is -2.30. The van der Waals surface area contributed by atoms with E-state index >= 15 is 0 Å². The van der Waals surface area contributed by atoms with Crippen LogP contribution in [0.1, 0.15) is 42.9 Å². The SMILES string of the molecule is O=C1[C@@H](c2ccccc2)SC(=NS(=O)(=O)c2ccc(Cl)cc2)N1C1CCCCC1. The Bertz CT molecular complexity index is 1020. The minimum absolute atomic E-state index is 0.00312. The molecule has 0 aromatic heterocycles. The fourth-order valence-electron chi connectivity index (χ4n) is 3.77. The minimum Gasteiger partial charge on any atom is -0.286 e. The van der Waals surface area contributed by atoms with Crippen molar-refractivity contribution < 1.29 is 13.2 Å². The topological polar surface area (TPSA) is 66.8 Å². The standard InChI is InChI=1S/C21H21ClN2O3S2/c22-16-11-13-18(14-12-16)29(26,27)23-21-24(17-9-5-2-6-10-17)20(25)19(28-21)15-7-3-1-4-8-15/h1,3-4,7-8,11-14,17,19H,2,5-6,9-10H2/t19-/m1/s1. The number of halogens is 1. The Hall–Kier alpha value is -1.83. The van der Waals surface area contributed by atoms with Crippen molar-refractivity contribution >= 4 is 44.5 Å². The first-order valence-corrected chi connectivity index (χ1v) is 12.3. The van der Waals surface area contributed by atoms with Crippen LogP contribution in [0.25, 0.3) is 0 Å². The molecular formula is C21H21ClN2O3S2. The molecule has 0 unspecified atom stereocenters. The number of sulfonamides is 1. The van der Waals surface area contributed by atoms with Crippen LogP contribution < -0.4 is 0 Å². The monoisotopic (exact) mass is 448 g/mol. The molecule has 152 valence electrons. The first kappa shape index (κ1) is 20.4. The molecule has 0 spiro atoms. The molecule has 2 aromatic rings. The van der Waals surface area contributed by atoms with E-state index in [1.807, 2.05) is 30.3 Å². The Kier molecular flexibility index (Phi) is 5.99. The normalized spacial score (nSPS) is 22.4. The van der Waals surface area contributed by atoms with Crippen molar-refractivity contribution in [3.05, 3.63) is 65.2 Å². The predicted molar refractivity (Wildman–Crippen MR) is 117 cm³/mol. The van der Waals surface area contributed by atoms with Gasteiger partial charge in [-0.25, -0.2) is 0 Å². The van der Waals surface area contributed by atoms with Crippen LogP contribution in [0.5, 0.6) is 0 Å². The predicted octanol–water partition coefficient (Wildman–Crippen LogP) is 5.03. The van der Waals surface area contributed by atoms with E-state index in [2.05, 4.69) is 4.40 Å². The maximum Gasteiger partial charge on any atom is 0.284 e. The number of benzene rings is 2. The molecule has 1 heterocycles. The number of amidine groups is 1. The van der Waals surface area contributed by atoms with E-state index in [1.54, 1.807) is 4.90 Å². The van der Waals surface area contributed by atoms with Gasteiger partial charge in [0.2, 0.25) is 5.91 Å². The highest BCUT2D eigenvalue weighted by Crippen LogP contribution is 2.43. The van der Waals surface area contributed by atoms with Gasteiger partial charge < -0.3 is 0 Å². The highest BCUT2D eigenvalue weighted by atomic mass is 35.5. The molecule has 2 aliphatic rings. The summed E-state index contributed by atoms with van der Waals surface area (Å²) in [6, 6.07) is 15.4. The first-order valence-electron chi connectivity index (χ1n) is 9.61. The largest absolute Gasteiger partial charge is 0.286 e. The summed E-state index contributed by atoms with van der Waals surface area (Å²) in [7, 11) is -3.95. The second-order valence-electron chi connectivity index (χ2n) is 7.21. The van der Waals surface area contributed by atoms with Crippen molar-refractivity contribution in [1.82, 2.24) is 4.90 Å². The zero-order valence-corrected chi connectivity index (χ0v) is 18.1. The first-order chi connectivity index (χ1) is 14.0. The lowest BCUT2D eigenvalue weighted by atomic mass is 9.94. The van der Waals surface area contributed by atoms with Crippen molar-refractivity contribution in [2.24, 2.45) is 4.40 Å². The average molecular weight is 449 g/mol. The Morgan fingerprint density at radius 3 is 2.28 bits per heavy atom. The molecule has 1 amide bonds. The van der Waals surface area contributed by atoms with Crippen molar-refractivity contribution in [1.29, 1.82) is 0 Å². The quantitative estimate of drug-likeness (QED) is 0.657. The third-order valence-electron chi connectivity index (χ3n) is 5.24. The molecule has 1 atom stereocenters. The fourth-order valence-corrected chi connectivity index (χ4v) is 6.32. The molecule has 0 N–H and O–H groups in total. The van der Waals surface area contributed by atoms with Gasteiger partial charge in [0, 0.05) is 11.1 Å². The van der Waals surface area contributed by atoms with Gasteiger partial charge in [-0.1, -0.05) is 73.0 Å². The zero-order chi connectivity index (χ0) is 20.4. The molecule has 1 saturated carbocycles. The smallest absolute Gasteiger partial charge is 0.284 e. The van der Waals surface area contributed by atoms with Gasteiger partial charge in [-0.2, -0.15) is 8.42 Å². The van der Waals surface area contributed by atoms with E-state index in [-0.39, 0.29) is 22.0 Å². The van der Waals surface area contributed by atoms with Crippen molar-refractivity contribution in [3.8, 4) is 0 Å². The van der Waals surface area contributed by atoms with Crippen LogP contribution in [0.15, 0.2) is 63.9 Å². The molecular weight excluding hydrogens is 428 g/mol. The maximum absolute atomic E-state index is 13.3. The second kappa shape index (κ2) is 8.50. The van der Waals surface area contributed by atoms with E-state index in [0.717, 1.165) is 37.7 Å².